The Morgan fingerprint density at radius 1 is 1.50 bits per heavy atom. The summed E-state index contributed by atoms with van der Waals surface area (Å²) < 4.78 is 0. The van der Waals surface area contributed by atoms with Gasteiger partial charge in [-0.2, -0.15) is 0 Å². The largest absolute Gasteiger partial charge is 0.353 e. The molecule has 1 aromatic rings. The van der Waals surface area contributed by atoms with Gasteiger partial charge in [-0.25, -0.2) is 9.97 Å². The number of hydrazine groups is 1. The lowest BCUT2D eigenvalue weighted by Gasteiger charge is -2.13. The molecular formula is C8H12BrN5. The van der Waals surface area contributed by atoms with Crippen molar-refractivity contribution in [2.24, 2.45) is 0 Å². The molecule has 0 amide bonds. The molecule has 0 radical (unpaired) electrons. The van der Waals surface area contributed by atoms with Gasteiger partial charge in [0.15, 0.2) is 0 Å². The summed E-state index contributed by atoms with van der Waals surface area (Å²) >= 11 is 3.57. The van der Waals surface area contributed by atoms with E-state index in [1.165, 1.54) is 0 Å². The molecule has 1 saturated heterocycles. The fraction of sp³-hybridized carbons (Fsp3) is 0.500. The lowest BCUT2D eigenvalue weighted by Crippen LogP contribution is -2.37. The van der Waals surface area contributed by atoms with E-state index in [-0.39, 0.29) is 0 Å². The van der Waals surface area contributed by atoms with Crippen LogP contribution in [0.5, 0.6) is 0 Å². The maximum atomic E-state index is 4.08. The van der Waals surface area contributed by atoms with Gasteiger partial charge in [0, 0.05) is 30.3 Å². The van der Waals surface area contributed by atoms with Crippen LogP contribution >= 0.6 is 15.9 Å². The summed E-state index contributed by atoms with van der Waals surface area (Å²) in [7, 11) is 0. The summed E-state index contributed by atoms with van der Waals surface area (Å²) in [5, 5.41) is 3.16. The standard InChI is InChI=1S/C8H12BrN5/c9-6-4-13-14-7(6)5-12-8-10-2-1-3-11-8/h1-3,6-7,13-14H,4-5H2,(H,10,11,12). The highest BCUT2D eigenvalue weighted by Gasteiger charge is 2.23. The summed E-state index contributed by atoms with van der Waals surface area (Å²) in [5.41, 5.74) is 6.24. The average molecular weight is 258 g/mol. The normalized spacial score (nSPS) is 26.4. The van der Waals surface area contributed by atoms with Crippen molar-refractivity contribution < 1.29 is 0 Å². The summed E-state index contributed by atoms with van der Waals surface area (Å²) in [6, 6.07) is 2.16. The van der Waals surface area contributed by atoms with E-state index < -0.39 is 0 Å². The molecule has 2 unspecified atom stereocenters. The third-order valence-corrected chi connectivity index (χ3v) is 3.03. The van der Waals surface area contributed by atoms with Crippen LogP contribution in [0.3, 0.4) is 0 Å². The number of nitrogens with one attached hydrogen (secondary N) is 3. The molecule has 14 heavy (non-hydrogen) atoms. The van der Waals surface area contributed by atoms with Gasteiger partial charge in [-0.3, -0.25) is 10.9 Å². The lowest BCUT2D eigenvalue weighted by atomic mass is 10.2. The van der Waals surface area contributed by atoms with E-state index in [0.29, 0.717) is 16.8 Å². The molecule has 0 saturated carbocycles. The van der Waals surface area contributed by atoms with Crippen molar-refractivity contribution in [2.45, 2.75) is 10.9 Å². The summed E-state index contributed by atoms with van der Waals surface area (Å²) in [6.07, 6.45) is 3.45. The van der Waals surface area contributed by atoms with Crippen LogP contribution in [0.15, 0.2) is 18.5 Å². The zero-order valence-corrected chi connectivity index (χ0v) is 9.16. The highest BCUT2D eigenvalue weighted by atomic mass is 79.9. The van der Waals surface area contributed by atoms with Gasteiger partial charge in [-0.15, -0.1) is 0 Å². The van der Waals surface area contributed by atoms with E-state index in [0.717, 1.165) is 13.1 Å². The molecule has 1 aliphatic rings. The highest BCUT2D eigenvalue weighted by molar-refractivity contribution is 9.09. The first-order valence-corrected chi connectivity index (χ1v) is 5.41. The Morgan fingerprint density at radius 3 is 2.93 bits per heavy atom. The number of halogens is 1. The van der Waals surface area contributed by atoms with E-state index >= 15 is 0 Å². The number of hydrogen-bond donors (Lipinski definition) is 3. The third-order valence-electron chi connectivity index (χ3n) is 2.07. The van der Waals surface area contributed by atoms with Crippen molar-refractivity contribution in [3.8, 4) is 0 Å². The molecular weight excluding hydrogens is 246 g/mol. The first kappa shape index (κ1) is 9.82. The molecule has 1 fully saturated rings. The second kappa shape index (κ2) is 4.68. The summed E-state index contributed by atoms with van der Waals surface area (Å²) in [6.45, 7) is 1.73. The van der Waals surface area contributed by atoms with Crippen molar-refractivity contribution in [2.75, 3.05) is 18.4 Å². The predicted octanol–water partition coefficient (Wildman–Crippen LogP) is 0.128. The third kappa shape index (κ3) is 2.40. The molecule has 6 heteroatoms. The first-order chi connectivity index (χ1) is 6.86. The van der Waals surface area contributed by atoms with Gasteiger partial charge in [-0.05, 0) is 6.07 Å². The van der Waals surface area contributed by atoms with Crippen LogP contribution in [0.2, 0.25) is 0 Å². The minimum Gasteiger partial charge on any atom is -0.353 e. The Morgan fingerprint density at radius 2 is 2.29 bits per heavy atom. The highest BCUT2D eigenvalue weighted by Crippen LogP contribution is 2.09. The van der Waals surface area contributed by atoms with Crippen LogP contribution in [0.1, 0.15) is 0 Å². The second-order valence-corrected chi connectivity index (χ2v) is 4.28. The Labute approximate surface area is 90.8 Å². The molecule has 2 rings (SSSR count). The minimum absolute atomic E-state index is 0.360. The van der Waals surface area contributed by atoms with E-state index in [2.05, 4.69) is 42.1 Å². The fourth-order valence-corrected chi connectivity index (χ4v) is 1.77. The van der Waals surface area contributed by atoms with Gasteiger partial charge in [0.2, 0.25) is 5.95 Å². The smallest absolute Gasteiger partial charge is 0.222 e. The Hall–Kier alpha value is -0.720. The van der Waals surface area contributed by atoms with Gasteiger partial charge in [0.1, 0.15) is 0 Å². The molecule has 0 spiro atoms. The lowest BCUT2D eigenvalue weighted by molar-refractivity contribution is 0.578. The number of aromatic nitrogens is 2. The van der Waals surface area contributed by atoms with Crippen LogP contribution in [-0.2, 0) is 0 Å². The number of hydrogen-bond acceptors (Lipinski definition) is 5. The van der Waals surface area contributed by atoms with Crippen molar-refractivity contribution in [1.29, 1.82) is 0 Å². The second-order valence-electron chi connectivity index (χ2n) is 3.10. The van der Waals surface area contributed by atoms with Gasteiger partial charge >= 0.3 is 0 Å². The zero-order chi connectivity index (χ0) is 9.80. The fourth-order valence-electron chi connectivity index (χ4n) is 1.29. The zero-order valence-electron chi connectivity index (χ0n) is 7.57. The average Bonchev–Trinajstić information content (AvgIpc) is 2.63. The molecule has 0 aliphatic carbocycles. The summed E-state index contributed by atoms with van der Waals surface area (Å²) in [5.74, 6) is 0.668. The molecule has 76 valence electrons. The molecule has 0 bridgehead atoms. The van der Waals surface area contributed by atoms with Crippen LogP contribution in [0.25, 0.3) is 0 Å². The van der Waals surface area contributed by atoms with E-state index in [9.17, 15) is 0 Å². The number of alkyl halides is 1. The number of anilines is 1. The van der Waals surface area contributed by atoms with E-state index in [4.69, 9.17) is 0 Å². The monoisotopic (exact) mass is 257 g/mol. The van der Waals surface area contributed by atoms with Crippen LogP contribution in [0.4, 0.5) is 5.95 Å². The van der Waals surface area contributed by atoms with Crippen molar-refractivity contribution in [3.05, 3.63) is 18.5 Å². The maximum Gasteiger partial charge on any atom is 0.222 e. The Kier molecular flexibility index (Phi) is 3.28. The predicted molar refractivity (Wildman–Crippen MR) is 58.2 cm³/mol. The quantitative estimate of drug-likeness (QED) is 0.673. The number of nitrogens with zero attached hydrogens (tertiary/aromatic N) is 2. The molecule has 1 aliphatic heterocycles. The van der Waals surface area contributed by atoms with Crippen LogP contribution < -0.4 is 16.2 Å². The van der Waals surface area contributed by atoms with Crippen molar-refractivity contribution >= 4 is 21.9 Å². The van der Waals surface area contributed by atoms with Gasteiger partial charge in [0.25, 0.3) is 0 Å². The molecule has 1 aromatic heterocycles. The summed E-state index contributed by atoms with van der Waals surface area (Å²) in [4.78, 5) is 8.60. The number of rotatable bonds is 3. The molecule has 2 atom stereocenters. The molecule has 5 nitrogen and oxygen atoms in total. The molecule has 0 aromatic carbocycles. The Balaban J connectivity index is 1.82. The minimum atomic E-state index is 0.360. The van der Waals surface area contributed by atoms with Crippen molar-refractivity contribution in [1.82, 2.24) is 20.8 Å². The topological polar surface area (TPSA) is 61.9 Å². The van der Waals surface area contributed by atoms with Gasteiger partial charge in [0.05, 0.1) is 6.04 Å². The maximum absolute atomic E-state index is 4.08. The molecule has 3 N–H and O–H groups in total. The van der Waals surface area contributed by atoms with E-state index in [1.54, 1.807) is 18.5 Å². The molecule has 2 heterocycles. The van der Waals surface area contributed by atoms with Crippen molar-refractivity contribution in [3.63, 3.8) is 0 Å². The SMILES string of the molecule is BrC1CNNC1CNc1ncccn1. The first-order valence-electron chi connectivity index (χ1n) is 4.49. The van der Waals surface area contributed by atoms with Crippen LogP contribution in [-0.4, -0.2) is 33.9 Å². The van der Waals surface area contributed by atoms with E-state index in [1.807, 2.05) is 0 Å². The van der Waals surface area contributed by atoms with Crippen LogP contribution in [0, 0.1) is 0 Å². The Bertz CT molecular complexity index is 280. The van der Waals surface area contributed by atoms with Gasteiger partial charge < -0.3 is 5.32 Å². The van der Waals surface area contributed by atoms with Gasteiger partial charge in [-0.1, -0.05) is 15.9 Å².